The van der Waals surface area contributed by atoms with Crippen molar-refractivity contribution in [1.82, 2.24) is 25.1 Å². The van der Waals surface area contributed by atoms with Crippen LogP contribution in [0.15, 0.2) is 61.2 Å². The van der Waals surface area contributed by atoms with Crippen molar-refractivity contribution in [2.24, 2.45) is 0 Å². The minimum absolute atomic E-state index is 0.247. The summed E-state index contributed by atoms with van der Waals surface area (Å²) in [4.78, 5) is 20.0. The fraction of sp³-hybridized carbons (Fsp3) is 0.125. The topological polar surface area (TPSA) is 96.8 Å². The molecule has 0 radical (unpaired) electrons. The van der Waals surface area contributed by atoms with Gasteiger partial charge in [-0.05, 0) is 18.2 Å². The number of rotatable bonds is 6. The number of nitrogens with one attached hydrogen (secondary N) is 3. The first kappa shape index (κ1) is 15.5. The van der Waals surface area contributed by atoms with E-state index in [-0.39, 0.29) is 6.03 Å². The van der Waals surface area contributed by atoms with Gasteiger partial charge < -0.3 is 16.0 Å². The molecule has 1 aromatic carbocycles. The van der Waals surface area contributed by atoms with E-state index in [1.165, 1.54) is 6.33 Å². The summed E-state index contributed by atoms with van der Waals surface area (Å²) >= 11 is 0. The lowest BCUT2D eigenvalue weighted by molar-refractivity contribution is 0.252. The number of amides is 2. The number of urea groups is 1. The molecule has 0 aliphatic heterocycles. The van der Waals surface area contributed by atoms with Crippen LogP contribution in [0, 0.1) is 0 Å². The molecule has 2 amide bonds. The lowest BCUT2D eigenvalue weighted by Crippen LogP contribution is -2.32. The molecular formula is C16H17N7O. The highest BCUT2D eigenvalue weighted by Crippen LogP contribution is 2.07. The molecule has 3 N–H and O–H groups in total. The zero-order valence-corrected chi connectivity index (χ0v) is 12.9. The van der Waals surface area contributed by atoms with Crippen molar-refractivity contribution < 1.29 is 4.79 Å². The van der Waals surface area contributed by atoms with E-state index in [1.807, 2.05) is 42.6 Å². The third-order valence-electron chi connectivity index (χ3n) is 3.14. The zero-order chi connectivity index (χ0) is 16.6. The highest BCUT2D eigenvalue weighted by Gasteiger charge is 2.02. The van der Waals surface area contributed by atoms with Gasteiger partial charge in [0.2, 0.25) is 0 Å². The number of benzene rings is 1. The van der Waals surface area contributed by atoms with Gasteiger partial charge in [-0.3, -0.25) is 0 Å². The van der Waals surface area contributed by atoms with Crippen molar-refractivity contribution in [3.63, 3.8) is 0 Å². The minimum atomic E-state index is -0.247. The van der Waals surface area contributed by atoms with E-state index in [9.17, 15) is 4.79 Å². The normalized spacial score (nSPS) is 10.2. The number of carbonyl (C=O) groups excluding carboxylic acids is 1. The second-order valence-corrected chi connectivity index (χ2v) is 4.89. The van der Waals surface area contributed by atoms with Crippen LogP contribution in [0.5, 0.6) is 0 Å². The van der Waals surface area contributed by atoms with E-state index >= 15 is 0 Å². The van der Waals surface area contributed by atoms with Gasteiger partial charge in [0.15, 0.2) is 5.82 Å². The molecule has 3 aromatic rings. The smallest absolute Gasteiger partial charge is 0.319 e. The Labute approximate surface area is 138 Å². The van der Waals surface area contributed by atoms with Crippen LogP contribution < -0.4 is 16.0 Å². The monoisotopic (exact) mass is 323 g/mol. The Kier molecular flexibility index (Phi) is 4.98. The molecule has 0 saturated heterocycles. The van der Waals surface area contributed by atoms with Crippen molar-refractivity contribution in [2.75, 3.05) is 23.7 Å². The summed E-state index contributed by atoms with van der Waals surface area (Å²) in [6.45, 7) is 0.998. The fourth-order valence-corrected chi connectivity index (χ4v) is 2.04. The molecule has 8 heteroatoms. The van der Waals surface area contributed by atoms with E-state index in [2.05, 4.69) is 31.0 Å². The van der Waals surface area contributed by atoms with Gasteiger partial charge in [0, 0.05) is 37.2 Å². The molecule has 0 atom stereocenters. The highest BCUT2D eigenvalue weighted by atomic mass is 16.2. The maximum Gasteiger partial charge on any atom is 0.319 e. The molecule has 3 rings (SSSR count). The molecule has 0 bridgehead atoms. The first-order valence-corrected chi connectivity index (χ1v) is 7.47. The van der Waals surface area contributed by atoms with Crippen molar-refractivity contribution in [3.8, 4) is 5.82 Å². The Balaban J connectivity index is 1.43. The van der Waals surface area contributed by atoms with Crippen molar-refractivity contribution in [1.29, 1.82) is 0 Å². The van der Waals surface area contributed by atoms with E-state index in [4.69, 9.17) is 0 Å². The standard InChI is InChI=1S/C16H17N7O/c24-16(22-13-5-2-1-3-6-13)18-9-8-17-14-11-15(20-12-19-14)23-10-4-7-21-23/h1-7,10-12H,8-9H2,(H,17,19,20)(H2,18,22,24). The highest BCUT2D eigenvalue weighted by molar-refractivity contribution is 5.89. The number of anilines is 2. The lowest BCUT2D eigenvalue weighted by atomic mass is 10.3. The maximum absolute atomic E-state index is 11.7. The molecule has 24 heavy (non-hydrogen) atoms. The summed E-state index contributed by atoms with van der Waals surface area (Å²) in [7, 11) is 0. The van der Waals surface area contributed by atoms with Gasteiger partial charge in [0.05, 0.1) is 0 Å². The summed E-state index contributed by atoms with van der Waals surface area (Å²) < 4.78 is 1.65. The van der Waals surface area contributed by atoms with Gasteiger partial charge in [0.25, 0.3) is 0 Å². The molecule has 8 nitrogen and oxygen atoms in total. The Bertz CT molecular complexity index is 774. The van der Waals surface area contributed by atoms with Crippen LogP contribution in [0.3, 0.4) is 0 Å². The van der Waals surface area contributed by atoms with Crippen LogP contribution in [-0.2, 0) is 0 Å². The van der Waals surface area contributed by atoms with Gasteiger partial charge >= 0.3 is 6.03 Å². The Hall–Kier alpha value is -3.42. The molecule has 0 spiro atoms. The summed E-state index contributed by atoms with van der Waals surface area (Å²) in [6, 6.07) is 12.6. The lowest BCUT2D eigenvalue weighted by Gasteiger charge is -2.09. The number of aromatic nitrogens is 4. The molecule has 2 heterocycles. The number of nitrogens with zero attached hydrogens (tertiary/aromatic N) is 4. The average molecular weight is 323 g/mol. The number of carbonyl (C=O) groups is 1. The van der Waals surface area contributed by atoms with Crippen LogP contribution in [0.4, 0.5) is 16.3 Å². The van der Waals surface area contributed by atoms with Crippen LogP contribution in [0.25, 0.3) is 5.82 Å². The Morgan fingerprint density at radius 2 is 1.96 bits per heavy atom. The van der Waals surface area contributed by atoms with Gasteiger partial charge in [-0.2, -0.15) is 5.10 Å². The number of hydrogen-bond acceptors (Lipinski definition) is 5. The third-order valence-corrected chi connectivity index (χ3v) is 3.14. The van der Waals surface area contributed by atoms with Crippen LogP contribution in [0.2, 0.25) is 0 Å². The second-order valence-electron chi connectivity index (χ2n) is 4.89. The predicted octanol–water partition coefficient (Wildman–Crippen LogP) is 1.90. The molecule has 0 saturated carbocycles. The van der Waals surface area contributed by atoms with Crippen molar-refractivity contribution >= 4 is 17.5 Å². The SMILES string of the molecule is O=C(NCCNc1cc(-n2cccn2)ncn1)Nc1ccccc1. The molecule has 0 aliphatic carbocycles. The summed E-state index contributed by atoms with van der Waals surface area (Å²) in [5.74, 6) is 1.34. The maximum atomic E-state index is 11.7. The van der Waals surface area contributed by atoms with E-state index in [0.29, 0.717) is 24.7 Å². The third kappa shape index (κ3) is 4.29. The zero-order valence-electron chi connectivity index (χ0n) is 12.9. The molecule has 122 valence electrons. The number of hydrogen-bond donors (Lipinski definition) is 3. The summed E-state index contributed by atoms with van der Waals surface area (Å²) in [5.41, 5.74) is 0.752. The molecule has 0 aliphatic rings. The first-order valence-electron chi connectivity index (χ1n) is 7.47. The van der Waals surface area contributed by atoms with E-state index in [1.54, 1.807) is 16.9 Å². The van der Waals surface area contributed by atoms with E-state index < -0.39 is 0 Å². The summed E-state index contributed by atoms with van der Waals surface area (Å²) in [5, 5.41) is 12.8. The van der Waals surface area contributed by atoms with Crippen molar-refractivity contribution in [3.05, 3.63) is 61.2 Å². The van der Waals surface area contributed by atoms with Crippen LogP contribution in [-0.4, -0.2) is 38.9 Å². The first-order chi connectivity index (χ1) is 11.8. The summed E-state index contributed by atoms with van der Waals surface area (Å²) in [6.07, 6.45) is 4.96. The van der Waals surface area contributed by atoms with E-state index in [0.717, 1.165) is 5.69 Å². The fourth-order valence-electron chi connectivity index (χ4n) is 2.04. The van der Waals surface area contributed by atoms with Gasteiger partial charge in [-0.15, -0.1) is 0 Å². The van der Waals surface area contributed by atoms with Gasteiger partial charge in [0.1, 0.15) is 12.1 Å². The minimum Gasteiger partial charge on any atom is -0.368 e. The van der Waals surface area contributed by atoms with Crippen LogP contribution >= 0.6 is 0 Å². The van der Waals surface area contributed by atoms with Gasteiger partial charge in [-0.1, -0.05) is 18.2 Å². The Morgan fingerprint density at radius 1 is 1.08 bits per heavy atom. The molecular weight excluding hydrogens is 306 g/mol. The van der Waals surface area contributed by atoms with Crippen molar-refractivity contribution in [2.45, 2.75) is 0 Å². The second kappa shape index (κ2) is 7.73. The largest absolute Gasteiger partial charge is 0.368 e. The molecule has 0 fully saturated rings. The predicted molar refractivity (Wildman–Crippen MR) is 91.1 cm³/mol. The quantitative estimate of drug-likeness (QED) is 0.602. The Morgan fingerprint density at radius 3 is 2.75 bits per heavy atom. The number of para-hydroxylation sites is 1. The molecule has 0 unspecified atom stereocenters. The molecule has 2 aromatic heterocycles. The van der Waals surface area contributed by atoms with Gasteiger partial charge in [-0.25, -0.2) is 19.4 Å². The van der Waals surface area contributed by atoms with Crippen LogP contribution in [0.1, 0.15) is 0 Å². The average Bonchev–Trinajstić information content (AvgIpc) is 3.15.